The predicted molar refractivity (Wildman–Crippen MR) is 89.5 cm³/mol. The van der Waals surface area contributed by atoms with Gasteiger partial charge in [0, 0.05) is 5.56 Å². The smallest absolute Gasteiger partial charge is 0.328 e. The number of methoxy groups -OCH3 is 1. The van der Waals surface area contributed by atoms with Crippen LogP contribution in [0, 0.1) is 11.3 Å². The van der Waals surface area contributed by atoms with E-state index in [0.717, 1.165) is 0 Å². The van der Waals surface area contributed by atoms with Crippen molar-refractivity contribution in [3.05, 3.63) is 53.1 Å². The maximum atomic E-state index is 12.0. The van der Waals surface area contributed by atoms with Crippen LogP contribution in [0.4, 0.5) is 0 Å². The van der Waals surface area contributed by atoms with Gasteiger partial charge in [-0.2, -0.15) is 5.26 Å². The summed E-state index contributed by atoms with van der Waals surface area (Å²) in [6, 6.07) is 13.9. The Morgan fingerprint density at radius 2 is 1.92 bits per heavy atom. The second-order valence-electron chi connectivity index (χ2n) is 4.73. The number of halogens is 1. The molecular formula is C18H16ClNO4. The summed E-state index contributed by atoms with van der Waals surface area (Å²) in [6.07, 6.45) is 0. The first kappa shape index (κ1) is 17.6. The van der Waals surface area contributed by atoms with Gasteiger partial charge in [-0.3, -0.25) is 4.79 Å². The molecule has 0 fully saturated rings. The average Bonchev–Trinajstić information content (AvgIpc) is 2.58. The van der Waals surface area contributed by atoms with Gasteiger partial charge in [0.05, 0.1) is 24.8 Å². The van der Waals surface area contributed by atoms with Crippen molar-refractivity contribution in [2.24, 2.45) is 0 Å². The monoisotopic (exact) mass is 345 g/mol. The molecule has 2 rings (SSSR count). The van der Waals surface area contributed by atoms with E-state index in [0.29, 0.717) is 22.1 Å². The molecule has 0 saturated heterocycles. The van der Waals surface area contributed by atoms with Crippen LogP contribution in [0.25, 0.3) is 0 Å². The zero-order valence-electron chi connectivity index (χ0n) is 13.3. The van der Waals surface area contributed by atoms with Gasteiger partial charge in [0.15, 0.2) is 17.4 Å². The second-order valence-corrected chi connectivity index (χ2v) is 5.13. The first-order valence-corrected chi connectivity index (χ1v) is 7.65. The molecule has 2 aromatic carbocycles. The van der Waals surface area contributed by atoms with Crippen molar-refractivity contribution in [1.29, 1.82) is 5.26 Å². The molecule has 0 spiro atoms. The highest BCUT2D eigenvalue weighted by atomic mass is 35.5. The summed E-state index contributed by atoms with van der Waals surface area (Å²) in [5, 5.41) is 9.79. The number of hydrogen-bond acceptors (Lipinski definition) is 5. The normalized spacial score (nSPS) is 11.2. The van der Waals surface area contributed by atoms with Crippen LogP contribution in [0.15, 0.2) is 42.5 Å². The van der Waals surface area contributed by atoms with Crippen LogP contribution < -0.4 is 9.47 Å². The van der Waals surface area contributed by atoms with Gasteiger partial charge >= 0.3 is 5.97 Å². The van der Waals surface area contributed by atoms with Crippen molar-refractivity contribution in [3.63, 3.8) is 0 Å². The molecule has 0 radical (unpaired) electrons. The van der Waals surface area contributed by atoms with Crippen LogP contribution in [0.1, 0.15) is 18.4 Å². The van der Waals surface area contributed by atoms with E-state index in [4.69, 9.17) is 25.8 Å². The largest absolute Gasteiger partial charge is 0.492 e. The Morgan fingerprint density at radius 3 is 2.54 bits per heavy atom. The SMILES string of the molecule is CCOC(=O)C(C#N)c1cccc(Oc2ccccc2Cl)c1OC. The number of nitrogens with zero attached hydrogens (tertiary/aromatic N) is 1. The number of nitriles is 1. The molecule has 24 heavy (non-hydrogen) atoms. The third-order valence-corrected chi connectivity index (χ3v) is 3.54. The van der Waals surface area contributed by atoms with Crippen molar-refractivity contribution in [2.75, 3.05) is 13.7 Å². The topological polar surface area (TPSA) is 68.6 Å². The van der Waals surface area contributed by atoms with Crippen LogP contribution in [-0.4, -0.2) is 19.7 Å². The van der Waals surface area contributed by atoms with Crippen molar-refractivity contribution < 1.29 is 19.0 Å². The number of hydrogen-bond donors (Lipinski definition) is 0. The molecule has 1 atom stereocenters. The van der Waals surface area contributed by atoms with E-state index in [2.05, 4.69) is 0 Å². The van der Waals surface area contributed by atoms with E-state index >= 15 is 0 Å². The van der Waals surface area contributed by atoms with Crippen molar-refractivity contribution in [2.45, 2.75) is 12.8 Å². The summed E-state index contributed by atoms with van der Waals surface area (Å²) in [5.41, 5.74) is 0.378. The minimum atomic E-state index is -1.10. The summed E-state index contributed by atoms with van der Waals surface area (Å²) in [4.78, 5) is 12.0. The molecule has 0 aliphatic rings. The van der Waals surface area contributed by atoms with Crippen LogP contribution in [0.3, 0.4) is 0 Å². The zero-order chi connectivity index (χ0) is 17.5. The Kier molecular flexibility index (Phi) is 6.05. The average molecular weight is 346 g/mol. The molecule has 124 valence electrons. The van der Waals surface area contributed by atoms with Crippen molar-refractivity contribution in [1.82, 2.24) is 0 Å². The Morgan fingerprint density at radius 1 is 1.21 bits per heavy atom. The standard InChI is InChI=1S/C18H16ClNO4/c1-3-23-18(21)13(11-20)12-7-6-10-16(17(12)22-2)24-15-9-5-4-8-14(15)19/h4-10,13H,3H2,1-2H3. The zero-order valence-corrected chi connectivity index (χ0v) is 14.0. The molecule has 5 nitrogen and oxygen atoms in total. The van der Waals surface area contributed by atoms with Gasteiger partial charge in [-0.25, -0.2) is 0 Å². The number of carbonyl (C=O) groups excluding carboxylic acids is 1. The molecule has 0 bridgehead atoms. The van der Waals surface area contributed by atoms with E-state index in [-0.39, 0.29) is 12.4 Å². The lowest BCUT2D eigenvalue weighted by Gasteiger charge is -2.17. The first-order chi connectivity index (χ1) is 11.6. The van der Waals surface area contributed by atoms with Crippen LogP contribution in [0.5, 0.6) is 17.2 Å². The lowest BCUT2D eigenvalue weighted by molar-refractivity contribution is -0.143. The molecule has 1 unspecified atom stereocenters. The van der Waals surface area contributed by atoms with Gasteiger partial charge in [-0.05, 0) is 25.1 Å². The minimum Gasteiger partial charge on any atom is -0.492 e. The molecule has 0 saturated carbocycles. The van der Waals surface area contributed by atoms with Crippen LogP contribution in [-0.2, 0) is 9.53 Å². The lowest BCUT2D eigenvalue weighted by atomic mass is 9.99. The van der Waals surface area contributed by atoms with Gasteiger partial charge < -0.3 is 14.2 Å². The van der Waals surface area contributed by atoms with Gasteiger partial charge in [0.2, 0.25) is 0 Å². The summed E-state index contributed by atoms with van der Waals surface area (Å²) in [7, 11) is 1.44. The van der Waals surface area contributed by atoms with E-state index in [1.807, 2.05) is 6.07 Å². The van der Waals surface area contributed by atoms with Crippen LogP contribution in [0.2, 0.25) is 5.02 Å². The summed E-state index contributed by atoms with van der Waals surface area (Å²) < 4.78 is 16.1. The number of para-hydroxylation sites is 2. The number of rotatable bonds is 6. The third kappa shape index (κ3) is 3.79. The Balaban J connectivity index is 2.43. The minimum absolute atomic E-state index is 0.190. The molecule has 0 aliphatic heterocycles. The molecule has 6 heteroatoms. The Bertz CT molecular complexity index is 770. The summed E-state index contributed by atoms with van der Waals surface area (Å²) in [5.74, 6) is -0.646. The molecule has 0 N–H and O–H groups in total. The molecule has 0 heterocycles. The van der Waals surface area contributed by atoms with Crippen molar-refractivity contribution >= 4 is 17.6 Å². The highest BCUT2D eigenvalue weighted by Gasteiger charge is 2.27. The van der Waals surface area contributed by atoms with E-state index in [9.17, 15) is 10.1 Å². The second kappa shape index (κ2) is 8.23. The lowest BCUT2D eigenvalue weighted by Crippen LogP contribution is -2.15. The fourth-order valence-corrected chi connectivity index (χ4v) is 2.35. The van der Waals surface area contributed by atoms with E-state index in [1.165, 1.54) is 7.11 Å². The number of esters is 1. The maximum Gasteiger partial charge on any atom is 0.328 e. The highest BCUT2D eigenvalue weighted by Crippen LogP contribution is 2.39. The maximum absolute atomic E-state index is 12.0. The van der Waals surface area contributed by atoms with Gasteiger partial charge in [-0.15, -0.1) is 0 Å². The quantitative estimate of drug-likeness (QED) is 0.729. The predicted octanol–water partition coefficient (Wildman–Crippen LogP) is 4.31. The van der Waals surface area contributed by atoms with Crippen LogP contribution >= 0.6 is 11.6 Å². The molecular weight excluding hydrogens is 330 g/mol. The molecule has 2 aromatic rings. The summed E-state index contributed by atoms with van der Waals surface area (Å²) in [6.45, 7) is 1.87. The van der Waals surface area contributed by atoms with Gasteiger partial charge in [-0.1, -0.05) is 35.9 Å². The van der Waals surface area contributed by atoms with Gasteiger partial charge in [0.1, 0.15) is 5.75 Å². The fourth-order valence-electron chi connectivity index (χ4n) is 2.18. The number of benzene rings is 2. The number of carbonyl (C=O) groups is 1. The fraction of sp³-hybridized carbons (Fsp3) is 0.222. The molecule has 0 aromatic heterocycles. The highest BCUT2D eigenvalue weighted by molar-refractivity contribution is 6.32. The first-order valence-electron chi connectivity index (χ1n) is 7.27. The van der Waals surface area contributed by atoms with E-state index < -0.39 is 11.9 Å². The summed E-state index contributed by atoms with van der Waals surface area (Å²) >= 11 is 6.10. The molecule has 0 amide bonds. The van der Waals surface area contributed by atoms with Crippen molar-refractivity contribution in [3.8, 4) is 23.3 Å². The van der Waals surface area contributed by atoms with Gasteiger partial charge in [0.25, 0.3) is 0 Å². The van der Waals surface area contributed by atoms with E-state index in [1.54, 1.807) is 49.4 Å². The molecule has 0 aliphatic carbocycles. The Labute approximate surface area is 145 Å². The number of ether oxygens (including phenoxy) is 3. The Hall–Kier alpha value is -2.71. The third-order valence-electron chi connectivity index (χ3n) is 3.23.